The van der Waals surface area contributed by atoms with Crippen molar-refractivity contribution in [2.45, 2.75) is 6.92 Å². The summed E-state index contributed by atoms with van der Waals surface area (Å²) in [5.74, 6) is -0.744. The highest BCUT2D eigenvalue weighted by Crippen LogP contribution is 2.08. The van der Waals surface area contributed by atoms with Gasteiger partial charge in [-0.1, -0.05) is 0 Å². The Hall–Kier alpha value is -2.04. The van der Waals surface area contributed by atoms with E-state index >= 15 is 0 Å². The molecule has 5 nitrogen and oxygen atoms in total. The number of hydrogen-bond acceptors (Lipinski definition) is 3. The molecule has 0 aliphatic rings. The molecule has 0 fully saturated rings. The third-order valence-electron chi connectivity index (χ3n) is 2.17. The molecular formula is C11H15N3O2. The molecule has 0 aliphatic heterocycles. The van der Waals surface area contributed by atoms with E-state index in [4.69, 9.17) is 11.5 Å². The third kappa shape index (κ3) is 2.98. The molecule has 0 aliphatic carbocycles. The molecule has 2 amide bonds. The highest BCUT2D eigenvalue weighted by molar-refractivity contribution is 5.96. The van der Waals surface area contributed by atoms with Gasteiger partial charge in [0.1, 0.15) is 0 Å². The van der Waals surface area contributed by atoms with Crippen molar-refractivity contribution in [3.05, 3.63) is 29.8 Å². The number of likely N-dealkylation sites (N-methyl/N-ethyl adjacent to an activating group) is 1. The van der Waals surface area contributed by atoms with E-state index in [-0.39, 0.29) is 12.5 Å². The fraction of sp³-hybridized carbons (Fsp3) is 0.273. The van der Waals surface area contributed by atoms with Crippen LogP contribution in [0, 0.1) is 0 Å². The van der Waals surface area contributed by atoms with Gasteiger partial charge in [-0.05, 0) is 31.2 Å². The number of benzene rings is 1. The van der Waals surface area contributed by atoms with Crippen LogP contribution in [0.15, 0.2) is 24.3 Å². The zero-order valence-corrected chi connectivity index (χ0v) is 9.14. The normalized spacial score (nSPS) is 9.81. The van der Waals surface area contributed by atoms with Crippen molar-refractivity contribution in [2.75, 3.05) is 18.8 Å². The first-order valence-corrected chi connectivity index (χ1v) is 4.97. The first kappa shape index (κ1) is 12.0. The van der Waals surface area contributed by atoms with Crippen LogP contribution < -0.4 is 11.5 Å². The highest BCUT2D eigenvalue weighted by Gasteiger charge is 2.15. The van der Waals surface area contributed by atoms with E-state index in [9.17, 15) is 9.59 Å². The molecule has 0 saturated carbocycles. The van der Waals surface area contributed by atoms with Gasteiger partial charge in [0.05, 0.1) is 6.54 Å². The summed E-state index contributed by atoms with van der Waals surface area (Å²) in [4.78, 5) is 24.0. The molecular weight excluding hydrogens is 206 g/mol. The molecule has 0 spiro atoms. The molecule has 0 saturated heterocycles. The molecule has 0 aromatic heterocycles. The van der Waals surface area contributed by atoms with Gasteiger partial charge < -0.3 is 16.4 Å². The van der Waals surface area contributed by atoms with Gasteiger partial charge in [-0.3, -0.25) is 9.59 Å². The standard InChI is InChI=1S/C11H15N3O2/c1-2-14(7-10(13)15)11(16)8-3-5-9(12)6-4-8/h3-6H,2,7,12H2,1H3,(H2,13,15). The van der Waals surface area contributed by atoms with Crippen LogP contribution in [0.4, 0.5) is 5.69 Å². The second kappa shape index (κ2) is 5.16. The van der Waals surface area contributed by atoms with Gasteiger partial charge in [0.25, 0.3) is 5.91 Å². The van der Waals surface area contributed by atoms with Crippen molar-refractivity contribution in [2.24, 2.45) is 5.73 Å². The molecule has 0 bridgehead atoms. The van der Waals surface area contributed by atoms with Gasteiger partial charge in [0, 0.05) is 17.8 Å². The second-order valence-corrected chi connectivity index (χ2v) is 3.41. The number of nitrogen functional groups attached to an aromatic ring is 1. The molecule has 1 aromatic rings. The zero-order chi connectivity index (χ0) is 12.1. The maximum atomic E-state index is 11.9. The topological polar surface area (TPSA) is 89.4 Å². The summed E-state index contributed by atoms with van der Waals surface area (Å²) >= 11 is 0. The van der Waals surface area contributed by atoms with Crippen molar-refractivity contribution in [1.82, 2.24) is 4.90 Å². The third-order valence-corrected chi connectivity index (χ3v) is 2.17. The monoisotopic (exact) mass is 221 g/mol. The number of amides is 2. The number of primary amides is 1. The smallest absolute Gasteiger partial charge is 0.254 e. The van der Waals surface area contributed by atoms with Crippen LogP contribution >= 0.6 is 0 Å². The number of nitrogens with zero attached hydrogens (tertiary/aromatic N) is 1. The molecule has 0 radical (unpaired) electrons. The van der Waals surface area contributed by atoms with Gasteiger partial charge in [0.2, 0.25) is 5.91 Å². The number of rotatable bonds is 4. The highest BCUT2D eigenvalue weighted by atomic mass is 16.2. The lowest BCUT2D eigenvalue weighted by Gasteiger charge is -2.18. The van der Waals surface area contributed by atoms with E-state index in [1.165, 1.54) is 4.90 Å². The molecule has 5 heteroatoms. The Bertz CT molecular complexity index is 387. The van der Waals surface area contributed by atoms with E-state index in [1.807, 2.05) is 0 Å². The van der Waals surface area contributed by atoms with Gasteiger partial charge in [-0.15, -0.1) is 0 Å². The molecule has 0 heterocycles. The summed E-state index contributed by atoms with van der Waals surface area (Å²) < 4.78 is 0. The van der Waals surface area contributed by atoms with Crippen LogP contribution in [0.3, 0.4) is 0 Å². The maximum absolute atomic E-state index is 11.9. The Morgan fingerprint density at radius 3 is 2.25 bits per heavy atom. The zero-order valence-electron chi connectivity index (χ0n) is 9.14. The lowest BCUT2D eigenvalue weighted by atomic mass is 10.2. The quantitative estimate of drug-likeness (QED) is 0.712. The van der Waals surface area contributed by atoms with Crippen molar-refractivity contribution < 1.29 is 9.59 Å². The summed E-state index contributed by atoms with van der Waals surface area (Å²) in [7, 11) is 0. The molecule has 0 unspecified atom stereocenters. The Balaban J connectivity index is 2.82. The molecule has 4 N–H and O–H groups in total. The number of carbonyl (C=O) groups excluding carboxylic acids is 2. The largest absolute Gasteiger partial charge is 0.399 e. The van der Waals surface area contributed by atoms with Gasteiger partial charge in [-0.2, -0.15) is 0 Å². The molecule has 1 aromatic carbocycles. The summed E-state index contributed by atoms with van der Waals surface area (Å²) in [6, 6.07) is 6.54. The number of anilines is 1. The van der Waals surface area contributed by atoms with E-state index in [2.05, 4.69) is 0 Å². The Labute approximate surface area is 94.0 Å². The van der Waals surface area contributed by atoms with Crippen molar-refractivity contribution in [1.29, 1.82) is 0 Å². The van der Waals surface area contributed by atoms with Crippen LogP contribution in [0.25, 0.3) is 0 Å². The van der Waals surface area contributed by atoms with Crippen molar-refractivity contribution in [3.63, 3.8) is 0 Å². The van der Waals surface area contributed by atoms with E-state index in [1.54, 1.807) is 31.2 Å². The van der Waals surface area contributed by atoms with E-state index < -0.39 is 5.91 Å². The summed E-state index contributed by atoms with van der Waals surface area (Å²) in [6.45, 7) is 2.16. The summed E-state index contributed by atoms with van der Waals surface area (Å²) in [6.07, 6.45) is 0. The Morgan fingerprint density at radius 1 is 1.25 bits per heavy atom. The molecule has 86 valence electrons. The fourth-order valence-corrected chi connectivity index (χ4v) is 1.32. The fourth-order valence-electron chi connectivity index (χ4n) is 1.32. The number of nitrogens with two attached hydrogens (primary N) is 2. The molecule has 16 heavy (non-hydrogen) atoms. The van der Waals surface area contributed by atoms with E-state index in [0.717, 1.165) is 0 Å². The molecule has 1 rings (SSSR count). The van der Waals surface area contributed by atoms with Gasteiger partial charge in [-0.25, -0.2) is 0 Å². The molecule has 0 atom stereocenters. The summed E-state index contributed by atoms with van der Waals surface area (Å²) in [5, 5.41) is 0. The van der Waals surface area contributed by atoms with Crippen molar-refractivity contribution in [3.8, 4) is 0 Å². The van der Waals surface area contributed by atoms with Crippen LogP contribution in [-0.2, 0) is 4.79 Å². The Kier molecular flexibility index (Phi) is 3.88. The number of carbonyl (C=O) groups is 2. The van der Waals surface area contributed by atoms with Crippen molar-refractivity contribution >= 4 is 17.5 Å². The second-order valence-electron chi connectivity index (χ2n) is 3.41. The first-order chi connectivity index (χ1) is 7.54. The minimum Gasteiger partial charge on any atom is -0.399 e. The van der Waals surface area contributed by atoms with Crippen LogP contribution in [0.2, 0.25) is 0 Å². The average Bonchev–Trinajstić information content (AvgIpc) is 2.25. The van der Waals surface area contributed by atoms with Crippen LogP contribution in [-0.4, -0.2) is 29.8 Å². The predicted molar refractivity (Wildman–Crippen MR) is 61.6 cm³/mol. The lowest BCUT2D eigenvalue weighted by molar-refractivity contribution is -0.118. The predicted octanol–water partition coefficient (Wildman–Crippen LogP) is 0.216. The minimum atomic E-state index is -0.523. The Morgan fingerprint density at radius 2 is 1.81 bits per heavy atom. The van der Waals surface area contributed by atoms with Gasteiger partial charge in [0.15, 0.2) is 0 Å². The average molecular weight is 221 g/mol. The van der Waals surface area contributed by atoms with Gasteiger partial charge >= 0.3 is 0 Å². The number of hydrogen-bond donors (Lipinski definition) is 2. The van der Waals surface area contributed by atoms with Crippen LogP contribution in [0.5, 0.6) is 0 Å². The minimum absolute atomic E-state index is 0.0697. The lowest BCUT2D eigenvalue weighted by Crippen LogP contribution is -2.38. The first-order valence-electron chi connectivity index (χ1n) is 4.97. The maximum Gasteiger partial charge on any atom is 0.254 e. The SMILES string of the molecule is CCN(CC(N)=O)C(=O)c1ccc(N)cc1. The van der Waals surface area contributed by atoms with E-state index in [0.29, 0.717) is 17.8 Å². The van der Waals surface area contributed by atoms with Crippen LogP contribution in [0.1, 0.15) is 17.3 Å². The summed E-state index contributed by atoms with van der Waals surface area (Å²) in [5.41, 5.74) is 11.7.